The van der Waals surface area contributed by atoms with Crippen LogP contribution in [0.3, 0.4) is 0 Å². The fourth-order valence-electron chi connectivity index (χ4n) is 3.43. The van der Waals surface area contributed by atoms with Gasteiger partial charge in [0.1, 0.15) is 18.2 Å². The zero-order chi connectivity index (χ0) is 21.8. The van der Waals surface area contributed by atoms with Crippen LogP contribution in [0.25, 0.3) is 22.4 Å². The van der Waals surface area contributed by atoms with Crippen molar-refractivity contribution >= 4 is 16.9 Å². The van der Waals surface area contributed by atoms with Gasteiger partial charge >= 0.3 is 0 Å². The number of amides is 1. The molecule has 1 heterocycles. The average Bonchev–Trinajstić information content (AvgIpc) is 3.16. The first-order valence-electron chi connectivity index (χ1n) is 9.78. The van der Waals surface area contributed by atoms with Crippen LogP contribution in [0.4, 0.5) is 4.39 Å². The Hall–Kier alpha value is -3.87. The predicted octanol–water partition coefficient (Wildman–Crippen LogP) is 4.18. The minimum Gasteiger partial charge on any atom is -0.493 e. The summed E-state index contributed by atoms with van der Waals surface area (Å²) in [6.45, 7) is 0.406. The lowest BCUT2D eigenvalue weighted by Crippen LogP contribution is -2.27. The largest absolute Gasteiger partial charge is 0.493 e. The molecule has 3 aromatic carbocycles. The summed E-state index contributed by atoms with van der Waals surface area (Å²) in [5.41, 5.74) is 3.27. The van der Waals surface area contributed by atoms with Crippen LogP contribution >= 0.6 is 0 Å². The monoisotopic (exact) mass is 419 g/mol. The number of benzene rings is 3. The number of methoxy groups -OCH3 is 2. The molecule has 158 valence electrons. The maximum atomic E-state index is 13.1. The molecular formula is C24H22FN3O3. The number of imidazole rings is 1. The van der Waals surface area contributed by atoms with Crippen molar-refractivity contribution in [2.45, 2.75) is 13.1 Å². The van der Waals surface area contributed by atoms with Crippen LogP contribution < -0.4 is 14.8 Å². The number of carbonyl (C=O) groups excluding carboxylic acids is 1. The zero-order valence-corrected chi connectivity index (χ0v) is 17.3. The van der Waals surface area contributed by atoms with E-state index in [1.54, 1.807) is 26.4 Å². The van der Waals surface area contributed by atoms with Gasteiger partial charge in [-0.15, -0.1) is 0 Å². The molecule has 1 amide bonds. The van der Waals surface area contributed by atoms with E-state index in [1.807, 2.05) is 47.0 Å². The van der Waals surface area contributed by atoms with Gasteiger partial charge in [0.2, 0.25) is 5.91 Å². The molecule has 0 spiro atoms. The molecule has 31 heavy (non-hydrogen) atoms. The second-order valence-electron chi connectivity index (χ2n) is 6.98. The third kappa shape index (κ3) is 4.35. The number of hydrogen-bond donors (Lipinski definition) is 1. The highest BCUT2D eigenvalue weighted by atomic mass is 19.1. The average molecular weight is 419 g/mol. The van der Waals surface area contributed by atoms with Gasteiger partial charge in [-0.05, 0) is 48.0 Å². The van der Waals surface area contributed by atoms with Crippen molar-refractivity contribution in [3.8, 4) is 22.9 Å². The Balaban J connectivity index is 1.64. The molecule has 6 nitrogen and oxygen atoms in total. The Kier molecular flexibility index (Phi) is 5.84. The van der Waals surface area contributed by atoms with Crippen molar-refractivity contribution in [1.29, 1.82) is 0 Å². The first-order chi connectivity index (χ1) is 15.1. The highest BCUT2D eigenvalue weighted by Crippen LogP contribution is 2.33. The normalized spacial score (nSPS) is 10.8. The maximum Gasteiger partial charge on any atom is 0.240 e. The lowest BCUT2D eigenvalue weighted by molar-refractivity contribution is -0.121. The molecule has 0 saturated heterocycles. The number of nitrogens with one attached hydrogen (secondary N) is 1. The maximum absolute atomic E-state index is 13.1. The first-order valence-corrected chi connectivity index (χ1v) is 9.78. The van der Waals surface area contributed by atoms with Crippen molar-refractivity contribution in [3.63, 3.8) is 0 Å². The van der Waals surface area contributed by atoms with E-state index in [0.717, 1.165) is 22.2 Å². The molecule has 0 bridgehead atoms. The molecule has 0 unspecified atom stereocenters. The van der Waals surface area contributed by atoms with Gasteiger partial charge in [0.15, 0.2) is 11.5 Å². The number of nitrogens with zero attached hydrogens (tertiary/aromatic N) is 2. The Morgan fingerprint density at radius 3 is 2.48 bits per heavy atom. The summed E-state index contributed by atoms with van der Waals surface area (Å²) in [5, 5.41) is 2.89. The minimum absolute atomic E-state index is 0.0887. The molecule has 4 aromatic rings. The lowest BCUT2D eigenvalue weighted by Gasteiger charge is -2.12. The molecule has 0 fully saturated rings. The summed E-state index contributed by atoms with van der Waals surface area (Å²) in [5.74, 6) is 1.37. The van der Waals surface area contributed by atoms with E-state index in [4.69, 9.17) is 14.5 Å². The van der Waals surface area contributed by atoms with Crippen molar-refractivity contribution in [3.05, 3.63) is 78.1 Å². The smallest absolute Gasteiger partial charge is 0.240 e. The number of hydrogen-bond acceptors (Lipinski definition) is 4. The molecule has 1 aromatic heterocycles. The van der Waals surface area contributed by atoms with Crippen molar-refractivity contribution < 1.29 is 18.7 Å². The third-order valence-electron chi connectivity index (χ3n) is 5.00. The number of aromatic nitrogens is 2. The number of rotatable bonds is 7. The summed E-state index contributed by atoms with van der Waals surface area (Å²) >= 11 is 0. The lowest BCUT2D eigenvalue weighted by atomic mass is 10.2. The number of halogens is 1. The quantitative estimate of drug-likeness (QED) is 0.488. The summed E-state index contributed by atoms with van der Waals surface area (Å²) in [4.78, 5) is 17.5. The molecule has 0 aliphatic heterocycles. The van der Waals surface area contributed by atoms with Gasteiger partial charge < -0.3 is 19.4 Å². The fraction of sp³-hybridized carbons (Fsp3) is 0.167. The van der Waals surface area contributed by atoms with Gasteiger partial charge in [0.25, 0.3) is 0 Å². The topological polar surface area (TPSA) is 65.4 Å². The molecule has 1 N–H and O–H groups in total. The molecule has 0 aliphatic rings. The zero-order valence-electron chi connectivity index (χ0n) is 17.3. The number of carbonyl (C=O) groups is 1. The SMILES string of the molecule is COc1ccc(-c2nc3ccccc3n2CC(=O)NCc2ccc(F)cc2)cc1OC. The summed E-state index contributed by atoms with van der Waals surface area (Å²) in [6.07, 6.45) is 0. The highest BCUT2D eigenvalue weighted by molar-refractivity contribution is 5.84. The van der Waals surface area contributed by atoms with Crippen LogP contribution in [0.2, 0.25) is 0 Å². The van der Waals surface area contributed by atoms with E-state index >= 15 is 0 Å². The molecule has 7 heteroatoms. The van der Waals surface area contributed by atoms with Crippen LogP contribution in [0, 0.1) is 5.82 Å². The summed E-state index contributed by atoms with van der Waals surface area (Å²) in [7, 11) is 3.16. The van der Waals surface area contributed by atoms with Gasteiger partial charge in [-0.2, -0.15) is 0 Å². The standard InChI is InChI=1S/C24H22FN3O3/c1-30-21-12-9-17(13-22(21)31-2)24-27-19-5-3-4-6-20(19)28(24)15-23(29)26-14-16-7-10-18(25)11-8-16/h3-13H,14-15H2,1-2H3,(H,26,29). The van der Waals surface area contributed by atoms with E-state index in [9.17, 15) is 9.18 Å². The highest BCUT2D eigenvalue weighted by Gasteiger charge is 2.17. The molecule has 0 atom stereocenters. The van der Waals surface area contributed by atoms with Crippen LogP contribution in [-0.4, -0.2) is 29.7 Å². The van der Waals surface area contributed by atoms with Crippen molar-refractivity contribution in [1.82, 2.24) is 14.9 Å². The van der Waals surface area contributed by atoms with Crippen molar-refractivity contribution in [2.75, 3.05) is 14.2 Å². The van der Waals surface area contributed by atoms with E-state index in [1.165, 1.54) is 12.1 Å². The molecule has 0 aliphatic carbocycles. The van der Waals surface area contributed by atoms with Gasteiger partial charge in [-0.1, -0.05) is 24.3 Å². The van der Waals surface area contributed by atoms with Crippen LogP contribution in [0.5, 0.6) is 11.5 Å². The Morgan fingerprint density at radius 1 is 1.00 bits per heavy atom. The summed E-state index contributed by atoms with van der Waals surface area (Å²) < 4.78 is 25.7. The van der Waals surface area contributed by atoms with Gasteiger partial charge in [0.05, 0.1) is 25.3 Å². The van der Waals surface area contributed by atoms with Crippen LogP contribution in [0.15, 0.2) is 66.7 Å². The number of para-hydroxylation sites is 2. The van der Waals surface area contributed by atoms with Gasteiger partial charge in [0, 0.05) is 12.1 Å². The molecular weight excluding hydrogens is 397 g/mol. The third-order valence-corrected chi connectivity index (χ3v) is 5.00. The minimum atomic E-state index is -0.306. The fourth-order valence-corrected chi connectivity index (χ4v) is 3.43. The van der Waals surface area contributed by atoms with Gasteiger partial charge in [-0.3, -0.25) is 4.79 Å². The number of ether oxygens (including phenoxy) is 2. The Morgan fingerprint density at radius 2 is 1.74 bits per heavy atom. The molecule has 0 radical (unpaired) electrons. The van der Waals surface area contributed by atoms with Crippen LogP contribution in [-0.2, 0) is 17.9 Å². The Bertz CT molecular complexity index is 1220. The Labute approximate surface area is 179 Å². The van der Waals surface area contributed by atoms with Gasteiger partial charge in [-0.25, -0.2) is 9.37 Å². The predicted molar refractivity (Wildman–Crippen MR) is 117 cm³/mol. The second-order valence-corrected chi connectivity index (χ2v) is 6.98. The van der Waals surface area contributed by atoms with E-state index in [-0.39, 0.29) is 18.3 Å². The van der Waals surface area contributed by atoms with Crippen molar-refractivity contribution in [2.24, 2.45) is 0 Å². The summed E-state index contributed by atoms with van der Waals surface area (Å²) in [6, 6.07) is 19.2. The number of fused-ring (bicyclic) bond motifs is 1. The van der Waals surface area contributed by atoms with E-state index < -0.39 is 0 Å². The second kappa shape index (κ2) is 8.87. The first kappa shape index (κ1) is 20.4. The van der Waals surface area contributed by atoms with E-state index in [0.29, 0.717) is 23.9 Å². The molecule has 4 rings (SSSR count). The van der Waals surface area contributed by atoms with E-state index in [2.05, 4.69) is 5.32 Å². The molecule has 0 saturated carbocycles. The van der Waals surface area contributed by atoms with Crippen LogP contribution in [0.1, 0.15) is 5.56 Å².